The molecule has 0 amide bonds. The molecule has 19 heavy (non-hydrogen) atoms. The molecule has 3 unspecified atom stereocenters. The second-order valence-electron chi connectivity index (χ2n) is 5.67. The minimum atomic E-state index is -0.413. The van der Waals surface area contributed by atoms with E-state index >= 15 is 0 Å². The maximum atomic E-state index is 13.5. The summed E-state index contributed by atoms with van der Waals surface area (Å²) in [5, 5.41) is 10.4. The molecule has 0 spiro atoms. The van der Waals surface area contributed by atoms with E-state index in [9.17, 15) is 9.50 Å². The van der Waals surface area contributed by atoms with E-state index in [0.29, 0.717) is 16.8 Å². The van der Waals surface area contributed by atoms with Crippen molar-refractivity contribution in [3.05, 3.63) is 45.7 Å². The lowest BCUT2D eigenvalue weighted by Crippen LogP contribution is -2.27. The topological polar surface area (TPSA) is 20.2 Å². The van der Waals surface area contributed by atoms with E-state index in [-0.39, 0.29) is 11.7 Å². The standard InChI is InChI=1S/C16H20BrFO/c1-10-6-11(2)8-13(7-10)15(19)9-12-4-3-5-14(18)16(12)17/h3-6,10,13,15,19H,7-9H2,1-2H3. The molecule has 0 bridgehead atoms. The Kier molecular flexibility index (Phi) is 4.80. The van der Waals surface area contributed by atoms with Gasteiger partial charge < -0.3 is 5.11 Å². The van der Waals surface area contributed by atoms with Crippen LogP contribution in [0, 0.1) is 17.7 Å². The summed E-state index contributed by atoms with van der Waals surface area (Å²) in [6, 6.07) is 4.98. The molecule has 3 atom stereocenters. The maximum absolute atomic E-state index is 13.5. The lowest BCUT2D eigenvalue weighted by molar-refractivity contribution is 0.0930. The number of hydrogen-bond acceptors (Lipinski definition) is 1. The van der Waals surface area contributed by atoms with Gasteiger partial charge in [-0.1, -0.05) is 30.7 Å². The van der Waals surface area contributed by atoms with Crippen LogP contribution in [-0.4, -0.2) is 11.2 Å². The van der Waals surface area contributed by atoms with E-state index in [0.717, 1.165) is 18.4 Å². The second-order valence-corrected chi connectivity index (χ2v) is 6.47. The summed E-state index contributed by atoms with van der Waals surface area (Å²) in [5.74, 6) is 0.525. The van der Waals surface area contributed by atoms with Crippen LogP contribution in [0.2, 0.25) is 0 Å². The van der Waals surface area contributed by atoms with Crippen molar-refractivity contribution < 1.29 is 9.50 Å². The summed E-state index contributed by atoms with van der Waals surface area (Å²) in [5.41, 5.74) is 2.19. The fourth-order valence-corrected chi connectivity index (χ4v) is 3.41. The quantitative estimate of drug-likeness (QED) is 0.812. The van der Waals surface area contributed by atoms with Crippen LogP contribution < -0.4 is 0 Å². The van der Waals surface area contributed by atoms with E-state index < -0.39 is 6.10 Å². The fourth-order valence-electron chi connectivity index (χ4n) is 2.99. The van der Waals surface area contributed by atoms with Gasteiger partial charge in [-0.05, 0) is 65.6 Å². The van der Waals surface area contributed by atoms with Gasteiger partial charge in [0, 0.05) is 0 Å². The van der Waals surface area contributed by atoms with Gasteiger partial charge in [-0.25, -0.2) is 4.39 Å². The molecule has 1 aliphatic rings. The van der Waals surface area contributed by atoms with Crippen molar-refractivity contribution in [1.82, 2.24) is 0 Å². The van der Waals surface area contributed by atoms with E-state index in [1.807, 2.05) is 6.07 Å². The zero-order chi connectivity index (χ0) is 14.0. The second kappa shape index (κ2) is 6.19. The van der Waals surface area contributed by atoms with Gasteiger partial charge in [-0.3, -0.25) is 0 Å². The molecule has 1 aliphatic carbocycles. The van der Waals surface area contributed by atoms with Crippen molar-refractivity contribution in [1.29, 1.82) is 0 Å². The van der Waals surface area contributed by atoms with Gasteiger partial charge in [0.25, 0.3) is 0 Å². The van der Waals surface area contributed by atoms with Crippen molar-refractivity contribution in [3.8, 4) is 0 Å². The first-order chi connectivity index (χ1) is 8.97. The average molecular weight is 327 g/mol. The van der Waals surface area contributed by atoms with Crippen LogP contribution in [0.5, 0.6) is 0 Å². The highest BCUT2D eigenvalue weighted by atomic mass is 79.9. The number of aliphatic hydroxyl groups is 1. The van der Waals surface area contributed by atoms with Crippen molar-refractivity contribution in [2.75, 3.05) is 0 Å². The molecule has 0 saturated carbocycles. The SMILES string of the molecule is CC1=CC(C)CC(C(O)Cc2cccc(F)c2Br)C1. The zero-order valence-electron chi connectivity index (χ0n) is 11.4. The number of aliphatic hydroxyl groups excluding tert-OH is 1. The van der Waals surface area contributed by atoms with Crippen LogP contribution in [0.25, 0.3) is 0 Å². The minimum absolute atomic E-state index is 0.266. The minimum Gasteiger partial charge on any atom is -0.392 e. The van der Waals surface area contributed by atoms with E-state index in [1.54, 1.807) is 6.07 Å². The Balaban J connectivity index is 2.07. The van der Waals surface area contributed by atoms with Crippen molar-refractivity contribution in [2.24, 2.45) is 11.8 Å². The highest BCUT2D eigenvalue weighted by Crippen LogP contribution is 2.32. The van der Waals surface area contributed by atoms with Crippen LogP contribution >= 0.6 is 15.9 Å². The Bertz CT molecular complexity index is 484. The maximum Gasteiger partial charge on any atom is 0.137 e. The number of hydrogen-bond donors (Lipinski definition) is 1. The molecule has 104 valence electrons. The molecule has 0 heterocycles. The zero-order valence-corrected chi connectivity index (χ0v) is 13.0. The van der Waals surface area contributed by atoms with Crippen molar-refractivity contribution >= 4 is 15.9 Å². The van der Waals surface area contributed by atoms with Gasteiger partial charge in [0.05, 0.1) is 10.6 Å². The first-order valence-corrected chi connectivity index (χ1v) is 7.55. The van der Waals surface area contributed by atoms with Crippen molar-refractivity contribution in [2.45, 2.75) is 39.2 Å². The third-order valence-electron chi connectivity index (χ3n) is 3.83. The van der Waals surface area contributed by atoms with Gasteiger partial charge in [0.2, 0.25) is 0 Å². The molecule has 3 heteroatoms. The van der Waals surface area contributed by atoms with Crippen LogP contribution in [0.1, 0.15) is 32.3 Å². The Morgan fingerprint density at radius 1 is 1.47 bits per heavy atom. The predicted octanol–water partition coefficient (Wildman–Crippen LogP) is 4.48. The van der Waals surface area contributed by atoms with E-state index in [4.69, 9.17) is 0 Å². The number of rotatable bonds is 3. The molecule has 1 aromatic carbocycles. The van der Waals surface area contributed by atoms with Crippen LogP contribution in [0.4, 0.5) is 4.39 Å². The van der Waals surface area contributed by atoms with Gasteiger partial charge in [0.15, 0.2) is 0 Å². The van der Waals surface area contributed by atoms with Gasteiger partial charge in [-0.2, -0.15) is 0 Å². The monoisotopic (exact) mass is 326 g/mol. The predicted molar refractivity (Wildman–Crippen MR) is 79.5 cm³/mol. The Morgan fingerprint density at radius 3 is 2.89 bits per heavy atom. The molecule has 0 radical (unpaired) electrons. The molecule has 1 aromatic rings. The highest BCUT2D eigenvalue weighted by Gasteiger charge is 2.25. The number of allylic oxidation sites excluding steroid dienone is 2. The lowest BCUT2D eigenvalue weighted by Gasteiger charge is -2.29. The largest absolute Gasteiger partial charge is 0.392 e. The molecule has 0 saturated heterocycles. The van der Waals surface area contributed by atoms with Crippen LogP contribution in [0.3, 0.4) is 0 Å². The van der Waals surface area contributed by atoms with E-state index in [2.05, 4.69) is 35.9 Å². The van der Waals surface area contributed by atoms with E-state index in [1.165, 1.54) is 11.6 Å². The molecule has 0 aliphatic heterocycles. The normalized spacial score (nSPS) is 25.0. The molecule has 1 N–H and O–H groups in total. The van der Waals surface area contributed by atoms with Crippen molar-refractivity contribution in [3.63, 3.8) is 0 Å². The Labute approximate surface area is 122 Å². The summed E-state index contributed by atoms with van der Waals surface area (Å²) in [6.45, 7) is 4.30. The number of benzene rings is 1. The van der Waals surface area contributed by atoms with Crippen LogP contribution in [0.15, 0.2) is 34.3 Å². The summed E-state index contributed by atoms with van der Waals surface area (Å²) >= 11 is 3.26. The van der Waals surface area contributed by atoms with Crippen LogP contribution in [-0.2, 0) is 6.42 Å². The lowest BCUT2D eigenvalue weighted by atomic mass is 9.79. The molecule has 0 fully saturated rings. The fraction of sp³-hybridized carbons (Fsp3) is 0.500. The average Bonchev–Trinajstić information content (AvgIpc) is 2.33. The summed E-state index contributed by atoms with van der Waals surface area (Å²) in [6.07, 6.45) is 4.32. The summed E-state index contributed by atoms with van der Waals surface area (Å²) < 4.78 is 13.9. The van der Waals surface area contributed by atoms with Gasteiger partial charge in [0.1, 0.15) is 5.82 Å². The molecular weight excluding hydrogens is 307 g/mol. The Morgan fingerprint density at radius 2 is 2.21 bits per heavy atom. The summed E-state index contributed by atoms with van der Waals surface area (Å²) in [7, 11) is 0. The molecule has 1 nitrogen and oxygen atoms in total. The molecule has 2 rings (SSSR count). The smallest absolute Gasteiger partial charge is 0.137 e. The molecule has 0 aromatic heterocycles. The molecular formula is C16H20BrFO. The first kappa shape index (κ1) is 14.7. The first-order valence-electron chi connectivity index (χ1n) is 6.75. The number of halogens is 2. The summed E-state index contributed by atoms with van der Waals surface area (Å²) in [4.78, 5) is 0. The van der Waals surface area contributed by atoms with Gasteiger partial charge >= 0.3 is 0 Å². The third-order valence-corrected chi connectivity index (χ3v) is 4.72. The highest BCUT2D eigenvalue weighted by molar-refractivity contribution is 9.10. The third kappa shape index (κ3) is 3.67. The van der Waals surface area contributed by atoms with Gasteiger partial charge in [-0.15, -0.1) is 0 Å². The Hall–Kier alpha value is -0.670.